The molecule has 0 radical (unpaired) electrons. The number of nitrogens with one attached hydrogen (secondary N) is 1. The van der Waals surface area contributed by atoms with Crippen LogP contribution in [0.15, 0.2) is 30.7 Å². The van der Waals surface area contributed by atoms with Gasteiger partial charge in [0.15, 0.2) is 5.82 Å². The second-order valence-electron chi connectivity index (χ2n) is 3.59. The molecule has 0 unspecified atom stereocenters. The van der Waals surface area contributed by atoms with Crippen LogP contribution in [0.2, 0.25) is 0 Å². The second-order valence-corrected chi connectivity index (χ2v) is 3.59. The maximum Gasteiger partial charge on any atom is 0.298 e. The molecule has 0 fully saturated rings. The molecule has 8 heteroatoms. The average molecular weight is 266 g/mol. The van der Waals surface area contributed by atoms with Gasteiger partial charge in [-0.3, -0.25) is 20.1 Å². The van der Waals surface area contributed by atoms with Crippen LogP contribution in [0, 0.1) is 21.7 Å². The van der Waals surface area contributed by atoms with E-state index < -0.39 is 22.2 Å². The normalized spacial score (nSPS) is 10.2. The Labute approximate surface area is 106 Å². The molecule has 0 aliphatic heterocycles. The number of anilines is 1. The Morgan fingerprint density at radius 2 is 2.11 bits per heavy atom. The molecule has 0 aliphatic carbocycles. The lowest BCUT2D eigenvalue weighted by molar-refractivity contribution is -0.384. The van der Waals surface area contributed by atoms with Crippen molar-refractivity contribution in [3.63, 3.8) is 0 Å². The van der Waals surface area contributed by atoms with Gasteiger partial charge in [0, 0.05) is 18.5 Å². The lowest BCUT2D eigenvalue weighted by atomic mass is 10.2. The van der Waals surface area contributed by atoms with Crippen molar-refractivity contribution in [1.82, 2.24) is 9.97 Å². The van der Waals surface area contributed by atoms with Gasteiger partial charge in [-0.2, -0.15) is 0 Å². The standard InChI is InChI=1S/C11H8F2N4O2/c12-7-3-9(13)11(10(4-7)17(18)19)16-6-8-5-14-1-2-15-8/h1-5,16H,6H2. The van der Waals surface area contributed by atoms with Crippen molar-refractivity contribution in [2.45, 2.75) is 6.54 Å². The Morgan fingerprint density at radius 3 is 2.74 bits per heavy atom. The molecule has 6 nitrogen and oxygen atoms in total. The number of aromatic nitrogens is 2. The van der Waals surface area contributed by atoms with Gasteiger partial charge in [-0.15, -0.1) is 0 Å². The van der Waals surface area contributed by atoms with E-state index >= 15 is 0 Å². The van der Waals surface area contributed by atoms with E-state index in [1.807, 2.05) is 0 Å². The Hall–Kier alpha value is -2.64. The zero-order valence-corrected chi connectivity index (χ0v) is 9.51. The quantitative estimate of drug-likeness (QED) is 0.678. The first-order valence-electron chi connectivity index (χ1n) is 5.20. The Morgan fingerprint density at radius 1 is 1.32 bits per heavy atom. The monoisotopic (exact) mass is 266 g/mol. The molecule has 19 heavy (non-hydrogen) atoms. The highest BCUT2D eigenvalue weighted by atomic mass is 19.1. The maximum absolute atomic E-state index is 13.5. The van der Waals surface area contributed by atoms with Crippen LogP contribution in [-0.4, -0.2) is 14.9 Å². The first-order chi connectivity index (χ1) is 9.08. The van der Waals surface area contributed by atoms with Gasteiger partial charge in [0.2, 0.25) is 0 Å². The molecular formula is C11H8F2N4O2. The number of hydrogen-bond acceptors (Lipinski definition) is 5. The Kier molecular flexibility index (Phi) is 3.60. The smallest absolute Gasteiger partial charge is 0.298 e. The van der Waals surface area contributed by atoms with E-state index in [-0.39, 0.29) is 12.2 Å². The van der Waals surface area contributed by atoms with Gasteiger partial charge in [-0.1, -0.05) is 0 Å². The van der Waals surface area contributed by atoms with Gasteiger partial charge in [-0.25, -0.2) is 8.78 Å². The predicted molar refractivity (Wildman–Crippen MR) is 62.4 cm³/mol. The van der Waals surface area contributed by atoms with E-state index in [4.69, 9.17) is 0 Å². The van der Waals surface area contributed by atoms with Gasteiger partial charge in [0.25, 0.3) is 5.69 Å². The first-order valence-corrected chi connectivity index (χ1v) is 5.20. The van der Waals surface area contributed by atoms with Gasteiger partial charge >= 0.3 is 0 Å². The summed E-state index contributed by atoms with van der Waals surface area (Å²) in [6.45, 7) is 0.0389. The third-order valence-corrected chi connectivity index (χ3v) is 2.29. The van der Waals surface area contributed by atoms with Crippen molar-refractivity contribution in [2.24, 2.45) is 0 Å². The molecule has 0 saturated heterocycles. The topological polar surface area (TPSA) is 81.0 Å². The van der Waals surface area contributed by atoms with E-state index in [0.29, 0.717) is 17.8 Å². The van der Waals surface area contributed by atoms with Crippen molar-refractivity contribution in [3.8, 4) is 0 Å². The Bertz CT molecular complexity index is 607. The largest absolute Gasteiger partial charge is 0.371 e. The van der Waals surface area contributed by atoms with Crippen LogP contribution in [0.1, 0.15) is 5.69 Å². The zero-order chi connectivity index (χ0) is 13.8. The molecule has 2 aromatic rings. The van der Waals surface area contributed by atoms with Crippen molar-refractivity contribution >= 4 is 11.4 Å². The summed E-state index contributed by atoms with van der Waals surface area (Å²) in [6.07, 6.45) is 4.33. The van der Waals surface area contributed by atoms with Crippen LogP contribution in [-0.2, 0) is 6.54 Å². The van der Waals surface area contributed by atoms with Crippen LogP contribution in [0.3, 0.4) is 0 Å². The third-order valence-electron chi connectivity index (χ3n) is 2.29. The summed E-state index contributed by atoms with van der Waals surface area (Å²) >= 11 is 0. The summed E-state index contributed by atoms with van der Waals surface area (Å²) in [4.78, 5) is 17.6. The van der Waals surface area contributed by atoms with Crippen molar-refractivity contribution in [3.05, 3.63) is 58.2 Å². The molecule has 2 rings (SSSR count). The number of nitro groups is 1. The minimum atomic E-state index is -1.03. The summed E-state index contributed by atoms with van der Waals surface area (Å²) in [7, 11) is 0. The molecule has 0 saturated carbocycles. The molecule has 0 bridgehead atoms. The SMILES string of the molecule is O=[N+]([O-])c1cc(F)cc(F)c1NCc1cnccn1. The first kappa shape index (κ1) is 12.8. The molecule has 1 heterocycles. The van der Waals surface area contributed by atoms with E-state index in [9.17, 15) is 18.9 Å². The molecule has 0 atom stereocenters. The van der Waals surface area contributed by atoms with Crippen molar-refractivity contribution in [2.75, 3.05) is 5.32 Å². The van der Waals surface area contributed by atoms with E-state index in [2.05, 4.69) is 15.3 Å². The molecule has 1 aromatic heterocycles. The number of hydrogen-bond donors (Lipinski definition) is 1. The van der Waals surface area contributed by atoms with Gasteiger partial charge < -0.3 is 5.32 Å². The second kappa shape index (κ2) is 5.34. The van der Waals surface area contributed by atoms with Crippen LogP contribution < -0.4 is 5.32 Å². The van der Waals surface area contributed by atoms with Crippen molar-refractivity contribution < 1.29 is 13.7 Å². The summed E-state index contributed by atoms with van der Waals surface area (Å²) in [6, 6.07) is 1.23. The van der Waals surface area contributed by atoms with E-state index in [0.717, 1.165) is 0 Å². The Balaban J connectivity index is 2.27. The highest BCUT2D eigenvalue weighted by molar-refractivity contribution is 5.62. The van der Waals surface area contributed by atoms with E-state index in [1.54, 1.807) is 0 Å². The fourth-order valence-electron chi connectivity index (χ4n) is 1.48. The minimum absolute atomic E-state index is 0.0389. The molecule has 0 aliphatic rings. The minimum Gasteiger partial charge on any atom is -0.371 e. The molecule has 1 aromatic carbocycles. The average Bonchev–Trinajstić information content (AvgIpc) is 2.38. The van der Waals surface area contributed by atoms with Crippen LogP contribution >= 0.6 is 0 Å². The summed E-state index contributed by atoms with van der Waals surface area (Å²) < 4.78 is 26.5. The van der Waals surface area contributed by atoms with Gasteiger partial charge in [-0.05, 0) is 0 Å². The lowest BCUT2D eigenvalue weighted by Crippen LogP contribution is -2.06. The predicted octanol–water partition coefficient (Wildman–Crippen LogP) is 2.28. The van der Waals surface area contributed by atoms with Crippen LogP contribution in [0.25, 0.3) is 0 Å². The number of nitrogens with zero attached hydrogens (tertiary/aromatic N) is 3. The summed E-state index contributed by atoms with van der Waals surface area (Å²) in [5, 5.41) is 13.3. The molecule has 0 spiro atoms. The number of benzene rings is 1. The number of halogens is 2. The lowest BCUT2D eigenvalue weighted by Gasteiger charge is -2.07. The van der Waals surface area contributed by atoms with Crippen LogP contribution in [0.5, 0.6) is 0 Å². The fraction of sp³-hybridized carbons (Fsp3) is 0.0909. The summed E-state index contributed by atoms with van der Waals surface area (Å²) in [5.74, 6) is -2.04. The molecular weight excluding hydrogens is 258 g/mol. The zero-order valence-electron chi connectivity index (χ0n) is 9.51. The van der Waals surface area contributed by atoms with Crippen molar-refractivity contribution in [1.29, 1.82) is 0 Å². The van der Waals surface area contributed by atoms with Crippen LogP contribution in [0.4, 0.5) is 20.2 Å². The maximum atomic E-state index is 13.5. The van der Waals surface area contributed by atoms with Gasteiger partial charge in [0.05, 0.1) is 29.4 Å². The fourth-order valence-corrected chi connectivity index (χ4v) is 1.48. The highest BCUT2D eigenvalue weighted by Crippen LogP contribution is 2.28. The summed E-state index contributed by atoms with van der Waals surface area (Å²) in [5.41, 5.74) is -0.570. The number of nitro benzene ring substituents is 1. The molecule has 98 valence electrons. The number of rotatable bonds is 4. The van der Waals surface area contributed by atoms with Gasteiger partial charge in [0.1, 0.15) is 11.5 Å². The molecule has 0 amide bonds. The molecule has 1 N–H and O–H groups in total. The van der Waals surface area contributed by atoms with E-state index in [1.165, 1.54) is 18.6 Å². The highest BCUT2D eigenvalue weighted by Gasteiger charge is 2.20. The third kappa shape index (κ3) is 2.97.